The van der Waals surface area contributed by atoms with Crippen LogP contribution in [0.1, 0.15) is 0 Å². The summed E-state index contributed by atoms with van der Waals surface area (Å²) < 4.78 is 38.9. The van der Waals surface area contributed by atoms with E-state index < -0.39 is 28.1 Å². The summed E-state index contributed by atoms with van der Waals surface area (Å²) in [4.78, 5) is 11.3. The Labute approximate surface area is 121 Å². The molecular formula is C8H9Cl3F3N3O2. The number of ketones is 1. The minimum atomic E-state index is -4.92. The number of methoxy groups -OCH3 is 1. The van der Waals surface area contributed by atoms with Crippen molar-refractivity contribution in [2.45, 2.75) is 9.97 Å². The van der Waals surface area contributed by atoms with Crippen molar-refractivity contribution in [3.63, 3.8) is 0 Å². The Morgan fingerprint density at radius 3 is 2.21 bits per heavy atom. The van der Waals surface area contributed by atoms with Crippen LogP contribution in [0.2, 0.25) is 0 Å². The maximum atomic E-state index is 12.2. The molecule has 0 aliphatic heterocycles. The van der Waals surface area contributed by atoms with Crippen molar-refractivity contribution in [2.75, 3.05) is 13.7 Å². The predicted molar refractivity (Wildman–Crippen MR) is 65.1 cm³/mol. The van der Waals surface area contributed by atoms with Gasteiger partial charge < -0.3 is 4.74 Å². The number of hydrogen-bond donors (Lipinski definition) is 2. The summed E-state index contributed by atoms with van der Waals surface area (Å²) in [5.41, 5.74) is 0. The zero-order valence-electron chi connectivity index (χ0n) is 9.39. The van der Waals surface area contributed by atoms with E-state index in [1.54, 1.807) is 0 Å². The Balaban J connectivity index is 4.89. The topological polar surface area (TPSA) is 79.4 Å². The number of carbonyl (C=O) groups excluding carboxylic acids is 1. The molecule has 0 unspecified atom stereocenters. The minimum absolute atomic E-state index is 0.0426. The molecule has 0 spiro atoms. The van der Waals surface area contributed by atoms with Gasteiger partial charge in [-0.1, -0.05) is 34.8 Å². The number of halogens is 6. The zero-order chi connectivity index (χ0) is 15.4. The van der Waals surface area contributed by atoms with E-state index in [1.165, 1.54) is 0 Å². The van der Waals surface area contributed by atoms with Crippen LogP contribution in [-0.4, -0.2) is 40.3 Å². The standard InChI is InChI=1S/C8H9Cl3F3N3O2/c1-19-4(2-5(18)7(9,10)11)3-17(16)6(15)8(12,13)14/h2,15H,3,16H2,1H3/b4-2+,15-6?. The maximum absolute atomic E-state index is 12.2. The van der Waals surface area contributed by atoms with Crippen LogP contribution in [-0.2, 0) is 9.53 Å². The summed E-state index contributed by atoms with van der Waals surface area (Å²) in [6.07, 6.45) is -4.23. The van der Waals surface area contributed by atoms with Gasteiger partial charge in [-0.05, 0) is 0 Å². The van der Waals surface area contributed by atoms with Crippen molar-refractivity contribution in [3.05, 3.63) is 11.8 Å². The molecule has 0 aromatic heterocycles. The van der Waals surface area contributed by atoms with Crippen LogP contribution in [0, 0.1) is 5.41 Å². The van der Waals surface area contributed by atoms with E-state index in [2.05, 4.69) is 4.74 Å². The van der Waals surface area contributed by atoms with Gasteiger partial charge in [-0.25, -0.2) is 5.84 Å². The zero-order valence-corrected chi connectivity index (χ0v) is 11.7. The third-order valence-corrected chi connectivity index (χ3v) is 2.27. The molecule has 0 atom stereocenters. The first-order valence-corrected chi connectivity index (χ1v) is 5.56. The highest BCUT2D eigenvalue weighted by molar-refractivity contribution is 6.77. The molecule has 11 heteroatoms. The quantitative estimate of drug-likeness (QED) is 0.156. The number of carbonyl (C=O) groups is 1. The predicted octanol–water partition coefficient (Wildman–Crippen LogP) is 2.17. The van der Waals surface area contributed by atoms with E-state index in [0.29, 0.717) is 6.08 Å². The first-order chi connectivity index (χ1) is 8.39. The summed E-state index contributed by atoms with van der Waals surface area (Å²) in [5.74, 6) is 1.90. The van der Waals surface area contributed by atoms with Crippen molar-refractivity contribution < 1.29 is 22.7 Å². The van der Waals surface area contributed by atoms with Crippen LogP contribution in [0.3, 0.4) is 0 Å². The van der Waals surface area contributed by atoms with Crippen LogP contribution in [0.5, 0.6) is 0 Å². The van der Waals surface area contributed by atoms with Crippen molar-refractivity contribution >= 4 is 46.4 Å². The molecule has 0 rings (SSSR count). The Kier molecular flexibility index (Phi) is 6.40. The third kappa shape index (κ3) is 6.33. The second-order valence-electron chi connectivity index (χ2n) is 3.15. The van der Waals surface area contributed by atoms with Crippen LogP contribution in [0.15, 0.2) is 11.8 Å². The summed E-state index contributed by atoms with van der Waals surface area (Å²) >= 11 is 15.8. The van der Waals surface area contributed by atoms with Gasteiger partial charge >= 0.3 is 6.18 Å². The molecule has 0 bridgehead atoms. The van der Waals surface area contributed by atoms with Gasteiger partial charge in [-0.15, -0.1) is 0 Å². The number of nitrogens with zero attached hydrogens (tertiary/aromatic N) is 1. The number of nitrogens with one attached hydrogen (secondary N) is 1. The largest absolute Gasteiger partial charge is 0.499 e. The molecule has 0 heterocycles. The number of allylic oxidation sites excluding steroid dienone is 1. The van der Waals surface area contributed by atoms with Crippen molar-refractivity contribution in [3.8, 4) is 0 Å². The van der Waals surface area contributed by atoms with Crippen molar-refractivity contribution in [1.82, 2.24) is 5.01 Å². The smallest absolute Gasteiger partial charge is 0.450 e. The SMILES string of the molecule is CO/C(=C/C(=O)C(Cl)(Cl)Cl)CN(N)C(=N)C(F)(F)F. The lowest BCUT2D eigenvalue weighted by Gasteiger charge is -2.21. The fraction of sp³-hybridized carbons (Fsp3) is 0.500. The first kappa shape index (κ1) is 18.3. The van der Waals surface area contributed by atoms with Crippen LogP contribution in [0.4, 0.5) is 13.2 Å². The molecule has 0 aromatic carbocycles. The molecule has 0 saturated heterocycles. The van der Waals surface area contributed by atoms with E-state index in [9.17, 15) is 18.0 Å². The molecule has 0 aromatic rings. The van der Waals surface area contributed by atoms with Gasteiger partial charge in [0.1, 0.15) is 5.76 Å². The van der Waals surface area contributed by atoms with Gasteiger partial charge in [0.2, 0.25) is 11.6 Å². The highest BCUT2D eigenvalue weighted by Crippen LogP contribution is 2.28. The molecule has 0 aliphatic carbocycles. The van der Waals surface area contributed by atoms with Gasteiger partial charge in [0.05, 0.1) is 13.7 Å². The summed E-state index contributed by atoms with van der Waals surface area (Å²) in [6.45, 7) is -0.693. The third-order valence-electron chi connectivity index (χ3n) is 1.72. The van der Waals surface area contributed by atoms with E-state index >= 15 is 0 Å². The average Bonchev–Trinajstić information content (AvgIpc) is 2.24. The number of alkyl halides is 6. The Morgan fingerprint density at radius 1 is 1.42 bits per heavy atom. The highest BCUT2D eigenvalue weighted by Gasteiger charge is 2.38. The number of hydrogen-bond acceptors (Lipinski definition) is 4. The average molecular weight is 343 g/mol. The van der Waals surface area contributed by atoms with E-state index in [-0.39, 0.29) is 10.8 Å². The highest BCUT2D eigenvalue weighted by atomic mass is 35.6. The number of ether oxygens (including phenoxy) is 1. The van der Waals surface area contributed by atoms with Gasteiger partial charge in [0.25, 0.3) is 3.79 Å². The number of nitrogens with two attached hydrogens (primary N) is 1. The van der Waals surface area contributed by atoms with Crippen molar-refractivity contribution in [2.24, 2.45) is 5.84 Å². The summed E-state index contributed by atoms with van der Waals surface area (Å²) in [6, 6.07) is 0. The van der Waals surface area contributed by atoms with Crippen molar-refractivity contribution in [1.29, 1.82) is 5.41 Å². The molecule has 0 amide bonds. The number of amidine groups is 1. The molecule has 0 saturated carbocycles. The van der Waals surface area contributed by atoms with Crippen LogP contribution >= 0.6 is 34.8 Å². The fourth-order valence-corrected chi connectivity index (χ4v) is 0.971. The van der Waals surface area contributed by atoms with Gasteiger partial charge in [-0.3, -0.25) is 15.2 Å². The lowest BCUT2D eigenvalue weighted by atomic mass is 10.3. The second kappa shape index (κ2) is 6.65. The molecule has 110 valence electrons. The number of rotatable bonds is 4. The lowest BCUT2D eigenvalue weighted by Crippen LogP contribution is -2.46. The van der Waals surface area contributed by atoms with E-state index in [1.807, 2.05) is 0 Å². The van der Waals surface area contributed by atoms with Gasteiger partial charge in [-0.2, -0.15) is 13.2 Å². The Morgan fingerprint density at radius 2 is 1.89 bits per heavy atom. The lowest BCUT2D eigenvalue weighted by molar-refractivity contribution is -0.114. The summed E-state index contributed by atoms with van der Waals surface area (Å²) in [7, 11) is 1.09. The van der Waals surface area contributed by atoms with E-state index in [4.69, 9.17) is 46.1 Å². The second-order valence-corrected chi connectivity index (χ2v) is 5.43. The molecular weight excluding hydrogens is 333 g/mol. The summed E-state index contributed by atoms with van der Waals surface area (Å²) in [5, 5.41) is 6.79. The molecule has 19 heavy (non-hydrogen) atoms. The Hall–Kier alpha value is -0.700. The van der Waals surface area contributed by atoms with Gasteiger partial charge in [0.15, 0.2) is 0 Å². The molecule has 0 fully saturated rings. The van der Waals surface area contributed by atoms with Crippen LogP contribution in [0.25, 0.3) is 0 Å². The van der Waals surface area contributed by atoms with Crippen LogP contribution < -0.4 is 5.84 Å². The molecule has 0 aliphatic rings. The maximum Gasteiger partial charge on any atom is 0.450 e. The molecule has 0 radical (unpaired) electrons. The Bertz CT molecular complexity index is 393. The van der Waals surface area contributed by atoms with Gasteiger partial charge in [0, 0.05) is 6.08 Å². The first-order valence-electron chi connectivity index (χ1n) is 4.43. The van der Waals surface area contributed by atoms with E-state index in [0.717, 1.165) is 7.11 Å². The molecule has 5 nitrogen and oxygen atoms in total. The normalized spacial score (nSPS) is 13.2. The number of hydrazine groups is 1. The molecule has 3 N–H and O–H groups in total. The monoisotopic (exact) mass is 341 g/mol. The fourth-order valence-electron chi connectivity index (χ4n) is 0.807. The minimum Gasteiger partial charge on any atom is -0.499 e.